The number of rotatable bonds is 5. The lowest BCUT2D eigenvalue weighted by atomic mass is 9.99. The molecule has 28 heavy (non-hydrogen) atoms. The van der Waals surface area contributed by atoms with Gasteiger partial charge in [-0.2, -0.15) is 8.75 Å². The maximum atomic E-state index is 12.7. The number of anilines is 1. The second-order valence-electron chi connectivity index (χ2n) is 6.90. The summed E-state index contributed by atoms with van der Waals surface area (Å²) in [5, 5.41) is 6.30. The Morgan fingerprint density at radius 2 is 1.61 bits per heavy atom. The van der Waals surface area contributed by atoms with Crippen LogP contribution in [0, 0.1) is 0 Å². The molecule has 4 rings (SSSR count). The lowest BCUT2D eigenvalue weighted by Crippen LogP contribution is -2.48. The van der Waals surface area contributed by atoms with Crippen molar-refractivity contribution >= 4 is 23.6 Å². The van der Waals surface area contributed by atoms with E-state index in [1.165, 1.54) is 11.7 Å². The molecule has 2 aromatic carbocycles. The van der Waals surface area contributed by atoms with Gasteiger partial charge in [0.2, 0.25) is 0 Å². The van der Waals surface area contributed by atoms with E-state index in [-0.39, 0.29) is 18.1 Å². The lowest BCUT2D eigenvalue weighted by Gasteiger charge is -2.32. The molecule has 1 fully saturated rings. The minimum absolute atomic E-state index is 0.133. The molecule has 6 nitrogen and oxygen atoms in total. The Bertz CT molecular complexity index is 825. The third kappa shape index (κ3) is 4.48. The van der Waals surface area contributed by atoms with Crippen molar-refractivity contribution in [3.8, 4) is 0 Å². The first-order valence-electron chi connectivity index (χ1n) is 9.49. The van der Waals surface area contributed by atoms with Crippen LogP contribution in [-0.2, 0) is 0 Å². The summed E-state index contributed by atoms with van der Waals surface area (Å²) in [5.41, 5.74) is 2.13. The molecule has 2 N–H and O–H groups in total. The minimum atomic E-state index is -0.177. The second kappa shape index (κ2) is 8.84. The molecule has 144 valence electrons. The molecule has 3 aromatic rings. The zero-order valence-electron chi connectivity index (χ0n) is 15.5. The van der Waals surface area contributed by atoms with Crippen LogP contribution < -0.4 is 15.5 Å². The summed E-state index contributed by atoms with van der Waals surface area (Å²) < 4.78 is 8.35. The van der Waals surface area contributed by atoms with E-state index in [0.717, 1.165) is 42.9 Å². The van der Waals surface area contributed by atoms with E-state index in [1.807, 2.05) is 60.7 Å². The molecular weight excluding hydrogens is 370 g/mol. The van der Waals surface area contributed by atoms with Crippen LogP contribution in [0.15, 0.2) is 66.9 Å². The van der Waals surface area contributed by atoms with Gasteiger partial charge >= 0.3 is 6.03 Å². The molecule has 0 bridgehead atoms. The summed E-state index contributed by atoms with van der Waals surface area (Å²) in [6, 6.07) is 20.0. The largest absolute Gasteiger partial charge is 0.354 e. The Morgan fingerprint density at radius 1 is 1.00 bits per heavy atom. The highest BCUT2D eigenvalue weighted by Gasteiger charge is 2.23. The van der Waals surface area contributed by atoms with E-state index in [1.54, 1.807) is 6.20 Å². The van der Waals surface area contributed by atoms with E-state index in [9.17, 15) is 4.79 Å². The minimum Gasteiger partial charge on any atom is -0.354 e. The summed E-state index contributed by atoms with van der Waals surface area (Å²) in [4.78, 5) is 14.9. The number of hydrogen-bond donors (Lipinski definition) is 2. The number of hydrogen-bond acceptors (Lipinski definition) is 5. The predicted octanol–water partition coefficient (Wildman–Crippen LogP) is 3.60. The highest BCUT2D eigenvalue weighted by molar-refractivity contribution is 6.99. The highest BCUT2D eigenvalue weighted by atomic mass is 32.1. The maximum absolute atomic E-state index is 12.7. The van der Waals surface area contributed by atoms with Crippen LogP contribution in [0.2, 0.25) is 0 Å². The van der Waals surface area contributed by atoms with Gasteiger partial charge in [-0.1, -0.05) is 60.7 Å². The van der Waals surface area contributed by atoms with E-state index in [2.05, 4.69) is 24.3 Å². The highest BCUT2D eigenvalue weighted by Crippen LogP contribution is 2.22. The van der Waals surface area contributed by atoms with Gasteiger partial charge < -0.3 is 15.5 Å². The number of amides is 2. The Labute approximate surface area is 168 Å². The number of aromatic nitrogens is 2. The van der Waals surface area contributed by atoms with E-state index >= 15 is 0 Å². The van der Waals surface area contributed by atoms with Crippen molar-refractivity contribution in [3.63, 3.8) is 0 Å². The van der Waals surface area contributed by atoms with E-state index in [0.29, 0.717) is 0 Å². The summed E-state index contributed by atoms with van der Waals surface area (Å²) in [6.07, 6.45) is 3.59. The molecule has 0 spiro atoms. The first-order chi connectivity index (χ1) is 13.8. The zero-order valence-corrected chi connectivity index (χ0v) is 16.3. The smallest absolute Gasteiger partial charge is 0.315 e. The van der Waals surface area contributed by atoms with Gasteiger partial charge in [0.1, 0.15) is 0 Å². The fourth-order valence-corrected chi connectivity index (χ4v) is 4.00. The van der Waals surface area contributed by atoms with Gasteiger partial charge in [-0.15, -0.1) is 0 Å². The van der Waals surface area contributed by atoms with Gasteiger partial charge in [0.25, 0.3) is 0 Å². The van der Waals surface area contributed by atoms with Crippen molar-refractivity contribution < 1.29 is 4.79 Å². The Hall–Kier alpha value is -2.93. The number of nitrogens with one attached hydrogen (secondary N) is 2. The molecule has 0 radical (unpaired) electrons. The molecule has 0 unspecified atom stereocenters. The van der Waals surface area contributed by atoms with Crippen LogP contribution in [0.3, 0.4) is 0 Å². The van der Waals surface area contributed by atoms with Crippen LogP contribution in [0.5, 0.6) is 0 Å². The predicted molar refractivity (Wildman–Crippen MR) is 112 cm³/mol. The fraction of sp³-hybridized carbons (Fsp3) is 0.286. The average molecular weight is 394 g/mol. The molecule has 0 aliphatic carbocycles. The van der Waals surface area contributed by atoms with Crippen molar-refractivity contribution in [1.82, 2.24) is 19.4 Å². The number of carbonyl (C=O) groups excluding carboxylic acids is 1. The van der Waals surface area contributed by atoms with Gasteiger partial charge in [0.15, 0.2) is 5.82 Å². The van der Waals surface area contributed by atoms with Gasteiger partial charge in [-0.25, -0.2) is 4.79 Å². The first kappa shape index (κ1) is 18.4. The lowest BCUT2D eigenvalue weighted by molar-refractivity contribution is 0.232. The molecule has 1 aliphatic rings. The summed E-state index contributed by atoms with van der Waals surface area (Å²) in [6.45, 7) is 1.74. The number of nitrogens with zero attached hydrogens (tertiary/aromatic N) is 3. The monoisotopic (exact) mass is 393 g/mol. The molecule has 2 amide bonds. The molecule has 1 saturated heterocycles. The van der Waals surface area contributed by atoms with Crippen molar-refractivity contribution in [2.75, 3.05) is 18.0 Å². The SMILES string of the molecule is O=C(NC1CCN(c2cnsn2)CC1)NC(c1ccccc1)c1ccccc1. The molecule has 0 saturated carbocycles. The standard InChI is InChI=1S/C21H23N5OS/c27-21(23-18-11-13-26(14-12-18)19-15-22-28-25-19)24-20(16-7-3-1-4-8-16)17-9-5-2-6-10-17/h1-10,15,18,20H,11-14H2,(H2,23,24,27). The molecular formula is C21H23N5OS. The van der Waals surface area contributed by atoms with Crippen molar-refractivity contribution in [1.29, 1.82) is 0 Å². The van der Waals surface area contributed by atoms with Gasteiger partial charge in [0, 0.05) is 19.1 Å². The van der Waals surface area contributed by atoms with Crippen LogP contribution in [-0.4, -0.2) is 33.9 Å². The summed E-state index contributed by atoms with van der Waals surface area (Å²) >= 11 is 1.23. The number of urea groups is 1. The summed E-state index contributed by atoms with van der Waals surface area (Å²) in [7, 11) is 0. The number of benzene rings is 2. The van der Waals surface area contributed by atoms with Gasteiger partial charge in [-0.3, -0.25) is 0 Å². The maximum Gasteiger partial charge on any atom is 0.315 e. The third-order valence-corrected chi connectivity index (χ3v) is 5.51. The Kier molecular flexibility index (Phi) is 5.82. The van der Waals surface area contributed by atoms with Crippen LogP contribution >= 0.6 is 11.7 Å². The van der Waals surface area contributed by atoms with Crippen LogP contribution in [0.4, 0.5) is 10.6 Å². The molecule has 1 aromatic heterocycles. The fourth-order valence-electron chi connectivity index (χ4n) is 3.56. The second-order valence-corrected chi connectivity index (χ2v) is 7.46. The van der Waals surface area contributed by atoms with Crippen molar-refractivity contribution in [2.45, 2.75) is 24.9 Å². The van der Waals surface area contributed by atoms with Crippen LogP contribution in [0.25, 0.3) is 0 Å². The third-order valence-electron chi connectivity index (χ3n) is 5.05. The average Bonchev–Trinajstić information content (AvgIpc) is 3.29. The molecule has 2 heterocycles. The Balaban J connectivity index is 1.37. The number of carbonyl (C=O) groups is 1. The molecule has 1 aliphatic heterocycles. The molecule has 0 atom stereocenters. The van der Waals surface area contributed by atoms with Crippen molar-refractivity contribution in [2.24, 2.45) is 0 Å². The first-order valence-corrected chi connectivity index (χ1v) is 10.2. The molecule has 7 heteroatoms. The van der Waals surface area contributed by atoms with E-state index in [4.69, 9.17) is 0 Å². The van der Waals surface area contributed by atoms with Crippen molar-refractivity contribution in [3.05, 3.63) is 78.0 Å². The topological polar surface area (TPSA) is 70.2 Å². The van der Waals surface area contributed by atoms with Gasteiger partial charge in [0.05, 0.1) is 24.0 Å². The van der Waals surface area contributed by atoms with E-state index < -0.39 is 0 Å². The number of piperidine rings is 1. The van der Waals surface area contributed by atoms with Crippen LogP contribution in [0.1, 0.15) is 30.0 Å². The van der Waals surface area contributed by atoms with Gasteiger partial charge in [-0.05, 0) is 24.0 Å². The normalized spacial score (nSPS) is 14.8. The summed E-state index contributed by atoms with van der Waals surface area (Å²) in [5.74, 6) is 0.932. The quantitative estimate of drug-likeness (QED) is 0.695. The zero-order chi connectivity index (χ0) is 19.2. The Morgan fingerprint density at radius 3 is 2.14 bits per heavy atom.